The third kappa shape index (κ3) is 12.6. The lowest BCUT2D eigenvalue weighted by Gasteiger charge is -2.24. The van der Waals surface area contributed by atoms with Crippen molar-refractivity contribution in [1.29, 1.82) is 0 Å². The maximum absolute atomic E-state index is 6.02. The summed E-state index contributed by atoms with van der Waals surface area (Å²) in [4.78, 5) is 0. The van der Waals surface area contributed by atoms with Gasteiger partial charge in [0.05, 0.1) is 6.61 Å². The second-order valence-electron chi connectivity index (χ2n) is 5.43. The van der Waals surface area contributed by atoms with Gasteiger partial charge in [-0.3, -0.25) is 0 Å². The van der Waals surface area contributed by atoms with E-state index in [9.17, 15) is 0 Å². The zero-order chi connectivity index (χ0) is 15.3. The Kier molecular flexibility index (Phi) is 14.0. The Morgan fingerprint density at radius 2 is 1.60 bits per heavy atom. The van der Waals surface area contributed by atoms with Gasteiger partial charge >= 0.3 is 0 Å². The predicted octanol–water partition coefficient (Wildman–Crippen LogP) is 6.74. The molecular weight excluding hydrogens is 315 g/mol. The van der Waals surface area contributed by atoms with E-state index in [-0.39, 0.29) is 5.92 Å². The molecule has 20 heavy (non-hydrogen) atoms. The lowest BCUT2D eigenvalue weighted by atomic mass is 10.0. The largest absolute Gasteiger partial charge is 0.381 e. The van der Waals surface area contributed by atoms with Crippen molar-refractivity contribution in [2.45, 2.75) is 74.9 Å². The zero-order valence-corrected chi connectivity index (χ0v) is 15.1. The zero-order valence-electron chi connectivity index (χ0n) is 12.8. The average Bonchev–Trinajstić information content (AvgIpc) is 2.38. The molecule has 121 valence electrons. The van der Waals surface area contributed by atoms with E-state index in [0.717, 1.165) is 32.3 Å². The van der Waals surface area contributed by atoms with Crippen molar-refractivity contribution in [3.63, 3.8) is 0 Å². The van der Waals surface area contributed by atoms with Crippen LogP contribution in [0.15, 0.2) is 0 Å². The molecule has 0 saturated heterocycles. The summed E-state index contributed by atoms with van der Waals surface area (Å²) in [5, 5.41) is 0. The Labute approximate surface area is 140 Å². The molecule has 0 aromatic heterocycles. The van der Waals surface area contributed by atoms with E-state index in [4.69, 9.17) is 39.5 Å². The van der Waals surface area contributed by atoms with E-state index >= 15 is 0 Å². The number of halogens is 3. The fraction of sp³-hybridized carbons (Fsp3) is 0.938. The number of alkyl halides is 3. The van der Waals surface area contributed by atoms with Crippen molar-refractivity contribution in [2.24, 2.45) is 5.92 Å². The minimum absolute atomic E-state index is 0.00483. The first kappa shape index (κ1) is 20.8. The summed E-state index contributed by atoms with van der Waals surface area (Å²) in [6.45, 7) is 7.35. The van der Waals surface area contributed by atoms with Gasteiger partial charge in [-0.2, -0.15) is 0 Å². The molecule has 0 heterocycles. The molecule has 0 N–H and O–H groups in total. The standard InChI is InChI=1S/C16H30Cl3O/c1-3-5-7-8-9-11-13-20-14-15(16(17,18)19)12-10-6-4-2/h15H,1,3-14H2,2H3. The maximum atomic E-state index is 6.02. The van der Waals surface area contributed by atoms with Crippen LogP contribution in [0.5, 0.6) is 0 Å². The van der Waals surface area contributed by atoms with Crippen LogP contribution < -0.4 is 0 Å². The van der Waals surface area contributed by atoms with E-state index in [1.54, 1.807) is 0 Å². The molecule has 0 aliphatic heterocycles. The van der Waals surface area contributed by atoms with Crippen LogP contribution in [0.2, 0.25) is 0 Å². The number of hydrogen-bond donors (Lipinski definition) is 0. The Balaban J connectivity index is 3.64. The number of unbranched alkanes of at least 4 members (excludes halogenated alkanes) is 7. The van der Waals surface area contributed by atoms with Crippen LogP contribution in [-0.2, 0) is 4.74 Å². The lowest BCUT2D eigenvalue weighted by molar-refractivity contribution is 0.0931. The van der Waals surface area contributed by atoms with Crippen LogP contribution in [0.4, 0.5) is 0 Å². The van der Waals surface area contributed by atoms with Crippen LogP contribution in [0.25, 0.3) is 0 Å². The summed E-state index contributed by atoms with van der Waals surface area (Å²) in [5.74, 6) is 0.00483. The summed E-state index contributed by atoms with van der Waals surface area (Å²) in [6.07, 6.45) is 11.5. The molecule has 0 aromatic rings. The van der Waals surface area contributed by atoms with Crippen molar-refractivity contribution >= 4 is 34.8 Å². The van der Waals surface area contributed by atoms with Gasteiger partial charge in [0, 0.05) is 12.5 Å². The summed E-state index contributed by atoms with van der Waals surface area (Å²) in [6, 6.07) is 0. The second kappa shape index (κ2) is 13.5. The molecule has 0 aromatic carbocycles. The lowest BCUT2D eigenvalue weighted by Crippen LogP contribution is -2.24. The van der Waals surface area contributed by atoms with Gasteiger partial charge in [0.25, 0.3) is 0 Å². The van der Waals surface area contributed by atoms with Crippen molar-refractivity contribution < 1.29 is 4.74 Å². The van der Waals surface area contributed by atoms with Gasteiger partial charge in [-0.05, 0) is 12.8 Å². The molecule has 0 spiro atoms. The smallest absolute Gasteiger partial charge is 0.195 e. The Morgan fingerprint density at radius 1 is 0.950 bits per heavy atom. The molecular formula is C16H30Cl3O. The number of rotatable bonds is 13. The first-order valence-electron chi connectivity index (χ1n) is 7.96. The van der Waals surface area contributed by atoms with E-state index in [1.165, 1.54) is 38.5 Å². The topological polar surface area (TPSA) is 9.23 Å². The molecule has 0 aliphatic rings. The van der Waals surface area contributed by atoms with E-state index in [0.29, 0.717) is 6.61 Å². The van der Waals surface area contributed by atoms with Gasteiger partial charge in [-0.25, -0.2) is 0 Å². The van der Waals surface area contributed by atoms with E-state index < -0.39 is 3.79 Å². The quantitative estimate of drug-likeness (QED) is 0.265. The van der Waals surface area contributed by atoms with Gasteiger partial charge in [0.1, 0.15) is 0 Å². The molecule has 1 nitrogen and oxygen atoms in total. The minimum atomic E-state index is -1.21. The van der Waals surface area contributed by atoms with Gasteiger partial charge in [0.15, 0.2) is 3.79 Å². The SMILES string of the molecule is [CH2]CCCCCCCOCC(CCCCC)C(Cl)(Cl)Cl. The van der Waals surface area contributed by atoms with Gasteiger partial charge in [-0.1, -0.05) is 100 Å². The highest BCUT2D eigenvalue weighted by molar-refractivity contribution is 6.67. The minimum Gasteiger partial charge on any atom is -0.381 e. The van der Waals surface area contributed by atoms with Gasteiger partial charge < -0.3 is 4.74 Å². The Bertz CT molecular complexity index is 204. The maximum Gasteiger partial charge on any atom is 0.195 e. The van der Waals surface area contributed by atoms with Crippen LogP contribution in [0.1, 0.15) is 71.1 Å². The summed E-state index contributed by atoms with van der Waals surface area (Å²) in [5.41, 5.74) is 0. The van der Waals surface area contributed by atoms with Crippen LogP contribution in [0.3, 0.4) is 0 Å². The fourth-order valence-electron chi connectivity index (χ4n) is 2.12. The van der Waals surface area contributed by atoms with Crippen molar-refractivity contribution in [3.8, 4) is 0 Å². The molecule has 0 aliphatic carbocycles. The normalized spacial score (nSPS) is 13.7. The highest BCUT2D eigenvalue weighted by Crippen LogP contribution is 2.38. The molecule has 0 rings (SSSR count). The van der Waals surface area contributed by atoms with Crippen LogP contribution in [-0.4, -0.2) is 17.0 Å². The van der Waals surface area contributed by atoms with E-state index in [1.807, 2.05) is 0 Å². The number of ether oxygens (including phenoxy) is 1. The summed E-state index contributed by atoms with van der Waals surface area (Å²) in [7, 11) is 0. The molecule has 0 bridgehead atoms. The van der Waals surface area contributed by atoms with Crippen LogP contribution >= 0.6 is 34.8 Å². The van der Waals surface area contributed by atoms with Crippen molar-refractivity contribution in [1.82, 2.24) is 0 Å². The molecule has 0 amide bonds. The third-order valence-electron chi connectivity index (χ3n) is 3.48. The molecule has 4 heteroatoms. The predicted molar refractivity (Wildman–Crippen MR) is 91.8 cm³/mol. The monoisotopic (exact) mass is 343 g/mol. The fourth-order valence-corrected chi connectivity index (χ4v) is 2.64. The number of hydrogen-bond acceptors (Lipinski definition) is 1. The summed E-state index contributed by atoms with van der Waals surface area (Å²) < 4.78 is 4.49. The van der Waals surface area contributed by atoms with Crippen molar-refractivity contribution in [2.75, 3.05) is 13.2 Å². The molecule has 0 saturated carbocycles. The molecule has 1 radical (unpaired) electrons. The first-order valence-corrected chi connectivity index (χ1v) is 9.09. The second-order valence-corrected chi connectivity index (χ2v) is 7.80. The van der Waals surface area contributed by atoms with Gasteiger partial charge in [-0.15, -0.1) is 0 Å². The van der Waals surface area contributed by atoms with Gasteiger partial charge in [0.2, 0.25) is 0 Å². The molecule has 1 atom stereocenters. The van der Waals surface area contributed by atoms with Crippen molar-refractivity contribution in [3.05, 3.63) is 6.92 Å². The highest BCUT2D eigenvalue weighted by atomic mass is 35.6. The third-order valence-corrected chi connectivity index (χ3v) is 4.40. The van der Waals surface area contributed by atoms with E-state index in [2.05, 4.69) is 13.8 Å². The highest BCUT2D eigenvalue weighted by Gasteiger charge is 2.31. The Hall–Kier alpha value is 0.830. The first-order chi connectivity index (χ1) is 9.52. The Morgan fingerprint density at radius 3 is 2.20 bits per heavy atom. The average molecular weight is 345 g/mol. The summed E-state index contributed by atoms with van der Waals surface area (Å²) >= 11 is 18.1. The van der Waals surface area contributed by atoms with Crippen LogP contribution in [0, 0.1) is 12.8 Å². The molecule has 0 fully saturated rings. The molecule has 1 unspecified atom stereocenters.